The van der Waals surface area contributed by atoms with Crippen molar-refractivity contribution in [3.63, 3.8) is 0 Å². The van der Waals surface area contributed by atoms with Crippen LogP contribution in [0.2, 0.25) is 0 Å². The molecular weight excluding hydrogens is 214 g/mol. The van der Waals surface area contributed by atoms with Crippen LogP contribution in [0.1, 0.15) is 31.7 Å². The van der Waals surface area contributed by atoms with E-state index in [2.05, 4.69) is 30.3 Å². The Hall–Kier alpha value is -0.870. The normalized spacial score (nSPS) is 26.9. The predicted octanol–water partition coefficient (Wildman–Crippen LogP) is 1.63. The van der Waals surface area contributed by atoms with Crippen LogP contribution in [0.3, 0.4) is 0 Å². The maximum absolute atomic E-state index is 5.45. The summed E-state index contributed by atoms with van der Waals surface area (Å²) in [6.45, 7) is 7.42. The molecule has 0 aliphatic heterocycles. The highest BCUT2D eigenvalue weighted by atomic mass is 16.5. The third-order valence-corrected chi connectivity index (χ3v) is 4.09. The standard InChI is InChI=1S/C13H23N3O/c1-9-6-10(16(4)15-9)8-14-11-7-12(17-5)13(11,2)3/h6,11-12,14H,7-8H2,1-5H3. The van der Waals surface area contributed by atoms with Gasteiger partial charge in [-0.1, -0.05) is 13.8 Å². The van der Waals surface area contributed by atoms with Crippen LogP contribution >= 0.6 is 0 Å². The zero-order chi connectivity index (χ0) is 12.6. The van der Waals surface area contributed by atoms with Gasteiger partial charge in [-0.3, -0.25) is 4.68 Å². The van der Waals surface area contributed by atoms with E-state index >= 15 is 0 Å². The third kappa shape index (κ3) is 2.24. The third-order valence-electron chi connectivity index (χ3n) is 4.09. The highest BCUT2D eigenvalue weighted by Gasteiger charge is 2.48. The first kappa shape index (κ1) is 12.6. The number of nitrogens with zero attached hydrogens (tertiary/aromatic N) is 2. The number of aromatic nitrogens is 2. The molecule has 0 amide bonds. The van der Waals surface area contributed by atoms with Crippen LogP contribution in [-0.4, -0.2) is 29.0 Å². The SMILES string of the molecule is COC1CC(NCc2cc(C)nn2C)C1(C)C. The van der Waals surface area contributed by atoms with Crippen LogP contribution in [0.5, 0.6) is 0 Å². The fourth-order valence-corrected chi connectivity index (χ4v) is 2.69. The van der Waals surface area contributed by atoms with Gasteiger partial charge in [-0.2, -0.15) is 5.10 Å². The highest BCUT2D eigenvalue weighted by Crippen LogP contribution is 2.42. The van der Waals surface area contributed by atoms with E-state index in [-0.39, 0.29) is 5.41 Å². The van der Waals surface area contributed by atoms with Crippen LogP contribution in [-0.2, 0) is 18.3 Å². The average Bonchev–Trinajstić information content (AvgIpc) is 2.56. The predicted molar refractivity (Wildman–Crippen MR) is 67.8 cm³/mol. The Morgan fingerprint density at radius 3 is 2.76 bits per heavy atom. The van der Waals surface area contributed by atoms with E-state index in [4.69, 9.17) is 4.74 Å². The summed E-state index contributed by atoms with van der Waals surface area (Å²) >= 11 is 0. The first-order valence-electron chi connectivity index (χ1n) is 6.21. The molecule has 1 saturated carbocycles. The van der Waals surface area contributed by atoms with Crippen LogP contribution < -0.4 is 5.32 Å². The zero-order valence-electron chi connectivity index (χ0n) is 11.4. The van der Waals surface area contributed by atoms with Crippen molar-refractivity contribution in [2.45, 2.75) is 45.9 Å². The molecular formula is C13H23N3O. The van der Waals surface area contributed by atoms with Crippen molar-refractivity contribution in [2.24, 2.45) is 12.5 Å². The molecule has 4 nitrogen and oxygen atoms in total. The average molecular weight is 237 g/mol. The minimum Gasteiger partial charge on any atom is -0.381 e. The second-order valence-corrected chi connectivity index (χ2v) is 5.62. The molecule has 1 N–H and O–H groups in total. The minimum atomic E-state index is 0.225. The second-order valence-electron chi connectivity index (χ2n) is 5.62. The largest absolute Gasteiger partial charge is 0.381 e. The number of rotatable bonds is 4. The molecule has 1 heterocycles. The summed E-state index contributed by atoms with van der Waals surface area (Å²) in [4.78, 5) is 0. The number of hydrogen-bond acceptors (Lipinski definition) is 3. The molecule has 0 saturated heterocycles. The van der Waals surface area contributed by atoms with Gasteiger partial charge in [0.2, 0.25) is 0 Å². The number of ether oxygens (including phenoxy) is 1. The van der Waals surface area contributed by atoms with Gasteiger partial charge in [0.1, 0.15) is 0 Å². The van der Waals surface area contributed by atoms with Crippen LogP contribution in [0.25, 0.3) is 0 Å². The topological polar surface area (TPSA) is 39.1 Å². The van der Waals surface area contributed by atoms with Crippen LogP contribution in [0.15, 0.2) is 6.07 Å². The first-order valence-corrected chi connectivity index (χ1v) is 6.21. The quantitative estimate of drug-likeness (QED) is 0.865. The van der Waals surface area contributed by atoms with Crippen LogP contribution in [0.4, 0.5) is 0 Å². The fourth-order valence-electron chi connectivity index (χ4n) is 2.69. The molecule has 0 spiro atoms. The fraction of sp³-hybridized carbons (Fsp3) is 0.769. The molecule has 2 unspecified atom stereocenters. The molecule has 1 fully saturated rings. The Morgan fingerprint density at radius 2 is 2.29 bits per heavy atom. The van der Waals surface area contributed by atoms with E-state index in [9.17, 15) is 0 Å². The molecule has 1 aliphatic rings. The molecule has 96 valence electrons. The van der Waals surface area contributed by atoms with E-state index in [1.54, 1.807) is 7.11 Å². The Morgan fingerprint density at radius 1 is 1.59 bits per heavy atom. The lowest BCUT2D eigenvalue weighted by Crippen LogP contribution is -2.60. The summed E-state index contributed by atoms with van der Waals surface area (Å²) in [5.74, 6) is 0. The molecule has 1 aliphatic carbocycles. The van der Waals surface area contributed by atoms with Gasteiger partial charge in [0, 0.05) is 32.2 Å². The molecule has 0 aromatic carbocycles. The van der Waals surface area contributed by atoms with Crippen molar-refractivity contribution in [2.75, 3.05) is 7.11 Å². The van der Waals surface area contributed by atoms with E-state index in [1.807, 2.05) is 18.7 Å². The Kier molecular flexibility index (Phi) is 3.27. The van der Waals surface area contributed by atoms with Crippen molar-refractivity contribution < 1.29 is 4.74 Å². The van der Waals surface area contributed by atoms with Crippen molar-refractivity contribution >= 4 is 0 Å². The summed E-state index contributed by atoms with van der Waals surface area (Å²) in [5.41, 5.74) is 2.54. The molecule has 2 atom stereocenters. The minimum absolute atomic E-state index is 0.225. The van der Waals surface area contributed by atoms with Gasteiger partial charge in [0.05, 0.1) is 17.5 Å². The van der Waals surface area contributed by atoms with E-state index in [0.29, 0.717) is 12.1 Å². The molecule has 4 heteroatoms. The van der Waals surface area contributed by atoms with Crippen molar-refractivity contribution in [1.82, 2.24) is 15.1 Å². The van der Waals surface area contributed by atoms with Crippen molar-refractivity contribution in [3.05, 3.63) is 17.5 Å². The molecule has 0 radical (unpaired) electrons. The second kappa shape index (κ2) is 4.42. The summed E-state index contributed by atoms with van der Waals surface area (Å²) in [6.07, 6.45) is 1.48. The van der Waals surface area contributed by atoms with Gasteiger partial charge >= 0.3 is 0 Å². The summed E-state index contributed by atoms with van der Waals surface area (Å²) in [6, 6.07) is 2.66. The smallest absolute Gasteiger partial charge is 0.0652 e. The zero-order valence-corrected chi connectivity index (χ0v) is 11.4. The lowest BCUT2D eigenvalue weighted by Gasteiger charge is -2.51. The molecule has 0 bridgehead atoms. The van der Waals surface area contributed by atoms with Gasteiger partial charge in [-0.05, 0) is 19.4 Å². The number of nitrogens with one attached hydrogen (secondary N) is 1. The van der Waals surface area contributed by atoms with Gasteiger partial charge in [-0.25, -0.2) is 0 Å². The van der Waals surface area contributed by atoms with Gasteiger partial charge in [-0.15, -0.1) is 0 Å². The summed E-state index contributed by atoms with van der Waals surface area (Å²) in [7, 11) is 3.79. The maximum Gasteiger partial charge on any atom is 0.0652 e. The van der Waals surface area contributed by atoms with E-state index in [1.165, 1.54) is 5.69 Å². The van der Waals surface area contributed by atoms with Gasteiger partial charge in [0.25, 0.3) is 0 Å². The molecule has 1 aromatic heterocycles. The molecule has 2 rings (SSSR count). The Labute approximate surface area is 103 Å². The van der Waals surface area contributed by atoms with Crippen molar-refractivity contribution in [3.8, 4) is 0 Å². The number of hydrogen-bond donors (Lipinski definition) is 1. The Bertz CT molecular complexity index is 397. The van der Waals surface area contributed by atoms with E-state index < -0.39 is 0 Å². The highest BCUT2D eigenvalue weighted by molar-refractivity contribution is 5.10. The molecule has 17 heavy (non-hydrogen) atoms. The molecule has 1 aromatic rings. The maximum atomic E-state index is 5.45. The van der Waals surface area contributed by atoms with Crippen molar-refractivity contribution in [1.29, 1.82) is 0 Å². The monoisotopic (exact) mass is 237 g/mol. The van der Waals surface area contributed by atoms with Crippen LogP contribution in [0, 0.1) is 12.3 Å². The first-order chi connectivity index (χ1) is 7.95. The number of methoxy groups -OCH3 is 1. The number of aryl methyl sites for hydroxylation is 2. The lowest BCUT2D eigenvalue weighted by molar-refractivity contribution is -0.0980. The van der Waals surface area contributed by atoms with E-state index in [0.717, 1.165) is 18.7 Å². The Balaban J connectivity index is 1.90. The summed E-state index contributed by atoms with van der Waals surface area (Å²) in [5, 5.41) is 7.96. The van der Waals surface area contributed by atoms with Gasteiger partial charge < -0.3 is 10.1 Å². The van der Waals surface area contributed by atoms with Gasteiger partial charge in [0.15, 0.2) is 0 Å². The lowest BCUT2D eigenvalue weighted by atomic mass is 9.64. The summed E-state index contributed by atoms with van der Waals surface area (Å²) < 4.78 is 7.40.